The number of hydrogen-bond acceptors (Lipinski definition) is 5. The predicted octanol–water partition coefficient (Wildman–Crippen LogP) is 1.58. The minimum absolute atomic E-state index is 0.111. The van der Waals surface area contributed by atoms with Crippen molar-refractivity contribution in [2.45, 2.75) is 26.3 Å². The smallest absolute Gasteiger partial charge is 0.274 e. The zero-order chi connectivity index (χ0) is 14.2. The van der Waals surface area contributed by atoms with Gasteiger partial charge in [0.05, 0.1) is 13.2 Å². The lowest BCUT2D eigenvalue weighted by Crippen LogP contribution is -2.32. The highest BCUT2D eigenvalue weighted by Crippen LogP contribution is 2.36. The molecule has 0 saturated carbocycles. The number of halogens is 1. The summed E-state index contributed by atoms with van der Waals surface area (Å²) in [5.74, 6) is 0.129. The summed E-state index contributed by atoms with van der Waals surface area (Å²) in [6.45, 7) is 4.18. The van der Waals surface area contributed by atoms with Crippen LogP contribution < -0.4 is 0 Å². The fraction of sp³-hybridized carbons (Fsp3) is 0.583. The van der Waals surface area contributed by atoms with Crippen LogP contribution in [0.5, 0.6) is 0 Å². The lowest BCUT2D eigenvalue weighted by Gasteiger charge is -2.27. The lowest BCUT2D eigenvalue weighted by atomic mass is 9.99. The van der Waals surface area contributed by atoms with E-state index in [-0.39, 0.29) is 11.9 Å². The van der Waals surface area contributed by atoms with E-state index in [0.29, 0.717) is 28.8 Å². The Labute approximate surface area is 117 Å². The second-order valence-electron chi connectivity index (χ2n) is 4.82. The first-order chi connectivity index (χ1) is 8.97. The maximum absolute atomic E-state index is 12.3. The third-order valence-corrected chi connectivity index (χ3v) is 3.65. The van der Waals surface area contributed by atoms with E-state index in [1.54, 1.807) is 12.1 Å². The average Bonchev–Trinajstić information content (AvgIpc) is 2.78. The second kappa shape index (κ2) is 5.30. The minimum atomic E-state index is -0.212. The molecule has 1 amide bonds. The number of aliphatic imine (C=N–C) groups is 1. The summed E-state index contributed by atoms with van der Waals surface area (Å²) in [6.07, 6.45) is 2.00. The molecular weight excluding hydrogens is 268 g/mol. The molecule has 0 aromatic heterocycles. The Morgan fingerprint density at radius 3 is 2.89 bits per heavy atom. The van der Waals surface area contributed by atoms with E-state index in [9.17, 15) is 4.79 Å². The quantitative estimate of drug-likeness (QED) is 0.740. The van der Waals surface area contributed by atoms with Crippen LogP contribution in [0.4, 0.5) is 0 Å². The number of amides is 1. The zero-order valence-electron chi connectivity index (χ0n) is 11.4. The zero-order valence-corrected chi connectivity index (χ0v) is 12.2. The molecule has 104 valence electrons. The first-order valence-electron chi connectivity index (χ1n) is 6.08. The van der Waals surface area contributed by atoms with Gasteiger partial charge in [-0.1, -0.05) is 25.4 Å². The first kappa shape index (κ1) is 14.0. The third-order valence-electron chi connectivity index (χ3n) is 3.37. The minimum Gasteiger partial charge on any atom is -0.274 e. The maximum atomic E-state index is 12.3. The maximum Gasteiger partial charge on any atom is 0.275 e. The Morgan fingerprint density at radius 1 is 1.63 bits per heavy atom. The molecule has 2 rings (SSSR count). The Hall–Kier alpha value is -1.40. The molecule has 0 spiro atoms. The van der Waals surface area contributed by atoms with Crippen LogP contribution in [0.2, 0.25) is 0 Å². The van der Waals surface area contributed by atoms with E-state index < -0.39 is 0 Å². The van der Waals surface area contributed by atoms with Crippen LogP contribution in [0, 0.1) is 5.92 Å². The Bertz CT molecular complexity index is 484. The van der Waals surface area contributed by atoms with Crippen molar-refractivity contribution >= 4 is 29.0 Å². The van der Waals surface area contributed by atoms with Crippen LogP contribution >= 0.6 is 11.6 Å². The summed E-state index contributed by atoms with van der Waals surface area (Å²) in [4.78, 5) is 21.2. The number of hydrazone groups is 1. The summed E-state index contributed by atoms with van der Waals surface area (Å²) in [5.41, 5.74) is 1.19. The van der Waals surface area contributed by atoms with Gasteiger partial charge in [0.15, 0.2) is 5.17 Å². The molecule has 1 unspecified atom stereocenters. The van der Waals surface area contributed by atoms with Crippen molar-refractivity contribution < 1.29 is 9.63 Å². The van der Waals surface area contributed by atoms with Gasteiger partial charge in [0.1, 0.15) is 12.0 Å². The van der Waals surface area contributed by atoms with Crippen molar-refractivity contribution in [3.63, 3.8) is 0 Å². The van der Waals surface area contributed by atoms with Crippen molar-refractivity contribution in [2.24, 2.45) is 16.0 Å². The van der Waals surface area contributed by atoms with Crippen LogP contribution in [-0.2, 0) is 9.63 Å². The van der Waals surface area contributed by atoms with Gasteiger partial charge in [0.25, 0.3) is 5.91 Å². The molecule has 0 radical (unpaired) electrons. The summed E-state index contributed by atoms with van der Waals surface area (Å²) in [7, 11) is 3.02. The van der Waals surface area contributed by atoms with Gasteiger partial charge in [-0.05, 0) is 5.92 Å². The molecule has 0 saturated heterocycles. The second-order valence-corrected chi connectivity index (χ2v) is 5.18. The molecule has 19 heavy (non-hydrogen) atoms. The van der Waals surface area contributed by atoms with Gasteiger partial charge in [-0.3, -0.25) is 14.6 Å². The molecular formula is C12H17ClN4O2. The normalized spacial score (nSPS) is 21.9. The Morgan fingerprint density at radius 2 is 2.32 bits per heavy atom. The fourth-order valence-electron chi connectivity index (χ4n) is 2.23. The Balaban J connectivity index is 2.40. The molecule has 0 bridgehead atoms. The number of fused-ring (bicyclic) bond motifs is 1. The average molecular weight is 285 g/mol. The van der Waals surface area contributed by atoms with E-state index >= 15 is 0 Å². The summed E-state index contributed by atoms with van der Waals surface area (Å²) >= 11 is 6.12. The fourth-order valence-corrected chi connectivity index (χ4v) is 2.48. The molecule has 2 aliphatic rings. The van der Waals surface area contributed by atoms with Crippen molar-refractivity contribution in [1.82, 2.24) is 10.1 Å². The summed E-state index contributed by atoms with van der Waals surface area (Å²) in [6, 6.07) is 0.111. The number of carbonyl (C=O) groups excluding carboxylic acids is 1. The molecule has 2 aliphatic heterocycles. The van der Waals surface area contributed by atoms with Crippen LogP contribution in [0.25, 0.3) is 0 Å². The van der Waals surface area contributed by atoms with Gasteiger partial charge in [-0.15, -0.1) is 0 Å². The predicted molar refractivity (Wildman–Crippen MR) is 73.7 cm³/mol. The SMILES string of the molecule is CON(C)C(=O)C1=C2C(Cl)=NC=NN2C(C(C)C)C1. The number of allylic oxidation sites excluding steroid dienone is 1. The number of carbonyl (C=O) groups is 1. The number of hydrogen-bond donors (Lipinski definition) is 0. The number of rotatable bonds is 3. The summed E-state index contributed by atoms with van der Waals surface area (Å²) in [5, 5.41) is 7.50. The van der Waals surface area contributed by atoms with Crippen LogP contribution in [0.1, 0.15) is 20.3 Å². The molecule has 2 heterocycles. The van der Waals surface area contributed by atoms with E-state index in [1.165, 1.54) is 18.5 Å². The number of nitrogens with zero attached hydrogens (tertiary/aromatic N) is 4. The number of hydroxylamine groups is 2. The number of likely N-dealkylation sites (N-methyl/N-ethyl adjacent to an activating group) is 1. The molecule has 0 aromatic rings. The van der Waals surface area contributed by atoms with E-state index in [2.05, 4.69) is 23.9 Å². The van der Waals surface area contributed by atoms with Gasteiger partial charge < -0.3 is 0 Å². The first-order valence-corrected chi connectivity index (χ1v) is 6.45. The molecule has 1 atom stereocenters. The molecule has 0 aliphatic carbocycles. The monoisotopic (exact) mass is 284 g/mol. The molecule has 7 heteroatoms. The topological polar surface area (TPSA) is 57.5 Å². The van der Waals surface area contributed by atoms with Crippen molar-refractivity contribution in [2.75, 3.05) is 14.2 Å². The Kier molecular flexibility index (Phi) is 3.91. The molecule has 6 nitrogen and oxygen atoms in total. The van der Waals surface area contributed by atoms with Gasteiger partial charge in [0.2, 0.25) is 0 Å². The third kappa shape index (κ3) is 2.37. The van der Waals surface area contributed by atoms with Crippen LogP contribution in [0.3, 0.4) is 0 Å². The van der Waals surface area contributed by atoms with Crippen molar-refractivity contribution in [3.05, 3.63) is 11.3 Å². The molecule has 0 fully saturated rings. The largest absolute Gasteiger partial charge is 0.275 e. The van der Waals surface area contributed by atoms with Crippen LogP contribution in [0.15, 0.2) is 21.4 Å². The van der Waals surface area contributed by atoms with Gasteiger partial charge in [0, 0.05) is 19.0 Å². The summed E-state index contributed by atoms with van der Waals surface area (Å²) < 4.78 is 0. The highest BCUT2D eigenvalue weighted by Gasteiger charge is 2.40. The van der Waals surface area contributed by atoms with Crippen LogP contribution in [-0.4, -0.2) is 47.7 Å². The van der Waals surface area contributed by atoms with Gasteiger partial charge in [-0.2, -0.15) is 5.10 Å². The van der Waals surface area contributed by atoms with Crippen molar-refractivity contribution in [1.29, 1.82) is 0 Å². The van der Waals surface area contributed by atoms with Gasteiger partial charge >= 0.3 is 0 Å². The lowest BCUT2D eigenvalue weighted by molar-refractivity contribution is -0.164. The van der Waals surface area contributed by atoms with E-state index in [4.69, 9.17) is 16.4 Å². The highest BCUT2D eigenvalue weighted by molar-refractivity contribution is 6.70. The van der Waals surface area contributed by atoms with Gasteiger partial charge in [-0.25, -0.2) is 10.1 Å². The highest BCUT2D eigenvalue weighted by atomic mass is 35.5. The standard InChI is InChI=1S/C12H17ClN4O2/c1-7(2)9-5-8(12(18)16(3)19-4)10-11(13)14-6-15-17(9)10/h6-7,9H,5H2,1-4H3. The molecule has 0 N–H and O–H groups in total. The molecule has 0 aromatic carbocycles. The van der Waals surface area contributed by atoms with Crippen molar-refractivity contribution in [3.8, 4) is 0 Å². The van der Waals surface area contributed by atoms with E-state index in [1.807, 2.05) is 0 Å². The van der Waals surface area contributed by atoms with E-state index in [0.717, 1.165) is 0 Å².